The van der Waals surface area contributed by atoms with Crippen LogP contribution in [0.15, 0.2) is 40.9 Å². The molecule has 1 aromatic carbocycles. The van der Waals surface area contributed by atoms with E-state index >= 15 is 0 Å². The number of rotatable bonds is 5. The van der Waals surface area contributed by atoms with E-state index in [1.165, 1.54) is 5.56 Å². The average molecular weight is 230 g/mol. The van der Waals surface area contributed by atoms with Gasteiger partial charge in [0.2, 0.25) is 0 Å². The average Bonchev–Trinajstić information content (AvgIpc) is 2.78. The first kappa shape index (κ1) is 11.9. The van der Waals surface area contributed by atoms with E-state index in [1.54, 1.807) is 0 Å². The maximum Gasteiger partial charge on any atom is 0.138 e. The van der Waals surface area contributed by atoms with Crippen LogP contribution in [-0.2, 0) is 12.8 Å². The zero-order valence-electron chi connectivity index (χ0n) is 10.1. The van der Waals surface area contributed by atoms with Gasteiger partial charge in [0.25, 0.3) is 0 Å². The lowest BCUT2D eigenvalue weighted by Crippen LogP contribution is -2.01. The summed E-state index contributed by atoms with van der Waals surface area (Å²) in [5.74, 6) is 1.33. The third-order valence-corrected chi connectivity index (χ3v) is 2.88. The lowest BCUT2D eigenvalue weighted by atomic mass is 9.96. The van der Waals surface area contributed by atoms with Crippen molar-refractivity contribution < 1.29 is 4.52 Å². The van der Waals surface area contributed by atoms with Gasteiger partial charge in [-0.3, -0.25) is 0 Å². The number of aromatic nitrogens is 1. The molecule has 0 spiro atoms. The summed E-state index contributed by atoms with van der Waals surface area (Å²) in [6.45, 7) is 2.80. The summed E-state index contributed by atoms with van der Waals surface area (Å²) in [5, 5.41) is 4.07. The molecule has 0 bridgehead atoms. The van der Waals surface area contributed by atoms with Crippen LogP contribution < -0.4 is 5.73 Å². The fourth-order valence-electron chi connectivity index (χ4n) is 1.93. The lowest BCUT2D eigenvalue weighted by molar-refractivity contribution is 0.377. The summed E-state index contributed by atoms with van der Waals surface area (Å²) >= 11 is 0. The van der Waals surface area contributed by atoms with Crippen molar-refractivity contribution in [2.24, 2.45) is 5.73 Å². The molecule has 0 saturated carbocycles. The summed E-state index contributed by atoms with van der Waals surface area (Å²) in [7, 11) is 0. The number of benzene rings is 1. The molecule has 0 aliphatic heterocycles. The Morgan fingerprint density at radius 2 is 2.06 bits per heavy atom. The van der Waals surface area contributed by atoms with E-state index in [2.05, 4.69) is 36.3 Å². The number of hydrogen-bond acceptors (Lipinski definition) is 3. The molecule has 1 heterocycles. The van der Waals surface area contributed by atoms with Crippen molar-refractivity contribution >= 4 is 0 Å². The topological polar surface area (TPSA) is 52.0 Å². The molecule has 0 radical (unpaired) electrons. The molecule has 1 atom stereocenters. The highest BCUT2D eigenvalue weighted by Crippen LogP contribution is 2.19. The fourth-order valence-corrected chi connectivity index (χ4v) is 1.93. The van der Waals surface area contributed by atoms with E-state index < -0.39 is 0 Å². The van der Waals surface area contributed by atoms with Gasteiger partial charge in [-0.25, -0.2) is 0 Å². The summed E-state index contributed by atoms with van der Waals surface area (Å²) in [4.78, 5) is 0. The van der Waals surface area contributed by atoms with E-state index in [4.69, 9.17) is 10.3 Å². The monoisotopic (exact) mass is 230 g/mol. The highest BCUT2D eigenvalue weighted by molar-refractivity contribution is 5.21. The van der Waals surface area contributed by atoms with Crippen LogP contribution in [0, 0.1) is 0 Å². The molecule has 90 valence electrons. The lowest BCUT2D eigenvalue weighted by Gasteiger charge is -2.08. The minimum absolute atomic E-state index is 0.451. The first-order valence-corrected chi connectivity index (χ1v) is 5.99. The van der Waals surface area contributed by atoms with Crippen LogP contribution in [0.4, 0.5) is 0 Å². The predicted octanol–water partition coefficient (Wildman–Crippen LogP) is 2.52. The van der Waals surface area contributed by atoms with E-state index in [0.29, 0.717) is 12.5 Å². The van der Waals surface area contributed by atoms with Gasteiger partial charge in [0.1, 0.15) is 5.76 Å². The van der Waals surface area contributed by atoms with Gasteiger partial charge in [0.15, 0.2) is 0 Å². The Hall–Kier alpha value is -1.61. The first-order chi connectivity index (χ1) is 8.29. The molecule has 2 rings (SSSR count). The second-order valence-electron chi connectivity index (χ2n) is 4.34. The van der Waals surface area contributed by atoms with Gasteiger partial charge in [-0.1, -0.05) is 42.4 Å². The second kappa shape index (κ2) is 5.64. The normalized spacial score (nSPS) is 12.6. The van der Waals surface area contributed by atoms with Crippen molar-refractivity contribution in [1.29, 1.82) is 0 Å². The fraction of sp³-hybridized carbons (Fsp3) is 0.357. The minimum atomic E-state index is 0.451. The molecule has 3 heteroatoms. The van der Waals surface area contributed by atoms with Gasteiger partial charge >= 0.3 is 0 Å². The largest absolute Gasteiger partial charge is 0.361 e. The quantitative estimate of drug-likeness (QED) is 0.858. The third-order valence-electron chi connectivity index (χ3n) is 2.88. The van der Waals surface area contributed by atoms with Gasteiger partial charge in [-0.15, -0.1) is 0 Å². The van der Waals surface area contributed by atoms with Crippen molar-refractivity contribution in [3.63, 3.8) is 0 Å². The molecule has 0 saturated heterocycles. The molecule has 0 aliphatic carbocycles. The molecule has 17 heavy (non-hydrogen) atoms. The Balaban J connectivity index is 2.00. The van der Waals surface area contributed by atoms with E-state index in [-0.39, 0.29) is 0 Å². The molecule has 1 aromatic heterocycles. The summed E-state index contributed by atoms with van der Waals surface area (Å²) in [6, 6.07) is 12.5. The van der Waals surface area contributed by atoms with E-state index in [1.807, 2.05) is 12.1 Å². The van der Waals surface area contributed by atoms with Crippen LogP contribution in [-0.4, -0.2) is 11.7 Å². The van der Waals surface area contributed by atoms with Gasteiger partial charge in [-0.2, -0.15) is 0 Å². The molecule has 1 unspecified atom stereocenters. The Kier molecular flexibility index (Phi) is 3.94. The second-order valence-corrected chi connectivity index (χ2v) is 4.34. The number of hydrogen-bond donors (Lipinski definition) is 1. The van der Waals surface area contributed by atoms with Crippen molar-refractivity contribution in [1.82, 2.24) is 5.16 Å². The van der Waals surface area contributed by atoms with Crippen LogP contribution in [0.2, 0.25) is 0 Å². The van der Waals surface area contributed by atoms with Gasteiger partial charge in [0, 0.05) is 12.5 Å². The summed E-state index contributed by atoms with van der Waals surface area (Å²) in [5.41, 5.74) is 7.81. The molecule has 2 N–H and O–H groups in total. The van der Waals surface area contributed by atoms with E-state index in [9.17, 15) is 0 Å². The van der Waals surface area contributed by atoms with Crippen LogP contribution >= 0.6 is 0 Å². The molecular formula is C14H18N2O. The Bertz CT molecular complexity index is 450. The Morgan fingerprint density at radius 1 is 1.29 bits per heavy atom. The number of nitrogens with two attached hydrogens (primary N) is 1. The van der Waals surface area contributed by atoms with Crippen molar-refractivity contribution in [2.45, 2.75) is 25.7 Å². The maximum atomic E-state index is 5.47. The van der Waals surface area contributed by atoms with Crippen LogP contribution in [0.3, 0.4) is 0 Å². The van der Waals surface area contributed by atoms with Crippen molar-refractivity contribution in [2.75, 3.05) is 6.54 Å². The third kappa shape index (κ3) is 3.17. The summed E-state index contributed by atoms with van der Waals surface area (Å²) < 4.78 is 5.21. The highest BCUT2D eigenvalue weighted by atomic mass is 16.5. The SMILES string of the molecule is CC(Cc1cc(CCN)on1)c1ccccc1. The van der Waals surface area contributed by atoms with E-state index in [0.717, 1.165) is 24.3 Å². The molecular weight excluding hydrogens is 212 g/mol. The standard InChI is InChI=1S/C14H18N2O/c1-11(12-5-3-2-4-6-12)9-13-10-14(7-8-15)17-16-13/h2-6,10-11H,7-9,15H2,1H3. The van der Waals surface area contributed by atoms with Crippen molar-refractivity contribution in [3.05, 3.63) is 53.4 Å². The zero-order chi connectivity index (χ0) is 12.1. The van der Waals surface area contributed by atoms with Crippen LogP contribution in [0.5, 0.6) is 0 Å². The molecule has 0 amide bonds. The molecule has 3 nitrogen and oxygen atoms in total. The Labute approximate surface area is 102 Å². The molecule has 0 aliphatic rings. The zero-order valence-corrected chi connectivity index (χ0v) is 10.1. The minimum Gasteiger partial charge on any atom is -0.361 e. The smallest absolute Gasteiger partial charge is 0.138 e. The van der Waals surface area contributed by atoms with Crippen molar-refractivity contribution in [3.8, 4) is 0 Å². The van der Waals surface area contributed by atoms with Crippen LogP contribution in [0.25, 0.3) is 0 Å². The first-order valence-electron chi connectivity index (χ1n) is 5.99. The maximum absolute atomic E-state index is 5.47. The number of nitrogens with zero attached hydrogens (tertiary/aromatic N) is 1. The predicted molar refractivity (Wildman–Crippen MR) is 67.8 cm³/mol. The van der Waals surface area contributed by atoms with Gasteiger partial charge in [-0.05, 0) is 24.4 Å². The Morgan fingerprint density at radius 3 is 2.76 bits per heavy atom. The molecule has 0 fully saturated rings. The molecule has 2 aromatic rings. The summed E-state index contributed by atoms with van der Waals surface area (Å²) in [6.07, 6.45) is 1.66. The van der Waals surface area contributed by atoms with Gasteiger partial charge < -0.3 is 10.3 Å². The van der Waals surface area contributed by atoms with Crippen LogP contribution in [0.1, 0.15) is 29.9 Å². The highest BCUT2D eigenvalue weighted by Gasteiger charge is 2.10. The van der Waals surface area contributed by atoms with Gasteiger partial charge in [0.05, 0.1) is 5.69 Å².